The molecular formula is C19H17N3O3. The fraction of sp³-hybridized carbons (Fsp3) is 0.158. The van der Waals surface area contributed by atoms with Crippen LogP contribution in [-0.2, 0) is 13.2 Å². The number of aromatic nitrogens is 2. The summed E-state index contributed by atoms with van der Waals surface area (Å²) in [5, 5.41) is 10.1. The number of aromatic amines is 1. The molecule has 2 aromatic carbocycles. The van der Waals surface area contributed by atoms with Crippen LogP contribution >= 0.6 is 0 Å². The average molecular weight is 335 g/mol. The molecule has 6 heteroatoms. The van der Waals surface area contributed by atoms with Gasteiger partial charge in [-0.05, 0) is 18.2 Å². The third-order valence-electron chi connectivity index (χ3n) is 4.24. The van der Waals surface area contributed by atoms with Crippen molar-refractivity contribution in [1.29, 1.82) is 0 Å². The number of hydrogen-bond acceptors (Lipinski definition) is 4. The number of amides is 1. The summed E-state index contributed by atoms with van der Waals surface area (Å²) in [6.45, 7) is 0.689. The molecule has 1 amide bonds. The second kappa shape index (κ2) is 6.32. The molecule has 0 fully saturated rings. The van der Waals surface area contributed by atoms with E-state index in [-0.39, 0.29) is 5.91 Å². The SMILES string of the molecule is COc1ccccc1CNC(=O)c1[nH]nc2c1COc1ccccc1-2. The highest BCUT2D eigenvalue weighted by atomic mass is 16.5. The summed E-state index contributed by atoms with van der Waals surface area (Å²) in [6.07, 6.45) is 0. The summed E-state index contributed by atoms with van der Waals surface area (Å²) in [5.41, 5.74) is 3.78. The van der Waals surface area contributed by atoms with Gasteiger partial charge < -0.3 is 14.8 Å². The van der Waals surface area contributed by atoms with E-state index in [9.17, 15) is 4.79 Å². The standard InChI is InChI=1S/C19H17N3O3/c1-24-15-8-4-2-6-12(15)10-20-19(23)18-14-11-25-16-9-5-3-7-13(16)17(14)21-22-18/h2-9H,10-11H2,1H3,(H,20,23)(H,21,22). The fourth-order valence-electron chi connectivity index (χ4n) is 2.97. The third kappa shape index (κ3) is 2.71. The Labute approximate surface area is 144 Å². The van der Waals surface area contributed by atoms with Crippen molar-refractivity contribution in [1.82, 2.24) is 15.5 Å². The van der Waals surface area contributed by atoms with Crippen LogP contribution < -0.4 is 14.8 Å². The maximum Gasteiger partial charge on any atom is 0.270 e. The maximum absolute atomic E-state index is 12.6. The third-order valence-corrected chi connectivity index (χ3v) is 4.24. The predicted molar refractivity (Wildman–Crippen MR) is 92.5 cm³/mol. The Hall–Kier alpha value is -3.28. The number of ether oxygens (including phenoxy) is 2. The topological polar surface area (TPSA) is 76.2 Å². The van der Waals surface area contributed by atoms with E-state index >= 15 is 0 Å². The van der Waals surface area contributed by atoms with Gasteiger partial charge >= 0.3 is 0 Å². The van der Waals surface area contributed by atoms with E-state index in [4.69, 9.17) is 9.47 Å². The molecule has 0 unspecified atom stereocenters. The Bertz CT molecular complexity index is 933. The highest BCUT2D eigenvalue weighted by molar-refractivity contribution is 5.96. The molecule has 6 nitrogen and oxygen atoms in total. The Morgan fingerprint density at radius 3 is 2.92 bits per heavy atom. The lowest BCUT2D eigenvalue weighted by atomic mass is 10.0. The number of carbonyl (C=O) groups excluding carboxylic acids is 1. The van der Waals surface area contributed by atoms with Gasteiger partial charge in [0.15, 0.2) is 0 Å². The minimum absolute atomic E-state index is 0.220. The number of para-hydroxylation sites is 2. The molecule has 0 radical (unpaired) electrons. The number of rotatable bonds is 4. The van der Waals surface area contributed by atoms with Crippen LogP contribution in [0.5, 0.6) is 11.5 Å². The second-order valence-corrected chi connectivity index (χ2v) is 5.71. The minimum atomic E-state index is -0.220. The lowest BCUT2D eigenvalue weighted by Crippen LogP contribution is -2.25. The Morgan fingerprint density at radius 2 is 2.04 bits per heavy atom. The highest BCUT2D eigenvalue weighted by Crippen LogP contribution is 2.36. The normalized spacial score (nSPS) is 11.9. The number of nitrogens with one attached hydrogen (secondary N) is 2. The van der Waals surface area contributed by atoms with E-state index in [1.54, 1.807) is 7.11 Å². The van der Waals surface area contributed by atoms with Crippen molar-refractivity contribution in [2.24, 2.45) is 0 Å². The molecule has 0 spiro atoms. The number of hydrogen-bond donors (Lipinski definition) is 2. The summed E-state index contributed by atoms with van der Waals surface area (Å²) in [5.74, 6) is 1.30. The van der Waals surface area contributed by atoms with Crippen LogP contribution in [0.25, 0.3) is 11.3 Å². The molecule has 0 aliphatic carbocycles. The van der Waals surface area contributed by atoms with Gasteiger partial charge in [-0.3, -0.25) is 9.89 Å². The summed E-state index contributed by atoms with van der Waals surface area (Å²) >= 11 is 0. The zero-order valence-corrected chi connectivity index (χ0v) is 13.7. The Balaban J connectivity index is 1.56. The zero-order chi connectivity index (χ0) is 17.2. The van der Waals surface area contributed by atoms with Crippen molar-refractivity contribution >= 4 is 5.91 Å². The van der Waals surface area contributed by atoms with Gasteiger partial charge in [-0.15, -0.1) is 0 Å². The molecular weight excluding hydrogens is 318 g/mol. The van der Waals surface area contributed by atoms with E-state index in [1.165, 1.54) is 0 Å². The second-order valence-electron chi connectivity index (χ2n) is 5.71. The molecule has 0 atom stereocenters. The first-order valence-electron chi connectivity index (χ1n) is 7.97. The number of benzene rings is 2. The number of nitrogens with zero attached hydrogens (tertiary/aromatic N) is 1. The Morgan fingerprint density at radius 1 is 1.24 bits per heavy atom. The van der Waals surface area contributed by atoms with Crippen molar-refractivity contribution in [3.63, 3.8) is 0 Å². The van der Waals surface area contributed by atoms with Gasteiger partial charge in [0, 0.05) is 23.2 Å². The molecule has 2 N–H and O–H groups in total. The van der Waals surface area contributed by atoms with Crippen LogP contribution in [0.2, 0.25) is 0 Å². The first kappa shape index (κ1) is 15.3. The number of carbonyl (C=O) groups is 1. The van der Waals surface area contributed by atoms with Crippen LogP contribution in [0.1, 0.15) is 21.6 Å². The molecule has 2 heterocycles. The van der Waals surface area contributed by atoms with E-state index in [1.807, 2.05) is 48.5 Å². The molecule has 4 rings (SSSR count). The minimum Gasteiger partial charge on any atom is -0.496 e. The summed E-state index contributed by atoms with van der Waals surface area (Å²) in [4.78, 5) is 12.6. The van der Waals surface area contributed by atoms with E-state index in [2.05, 4.69) is 15.5 Å². The van der Waals surface area contributed by atoms with Crippen LogP contribution in [0.4, 0.5) is 0 Å². The van der Waals surface area contributed by atoms with Crippen molar-refractivity contribution in [3.8, 4) is 22.8 Å². The monoisotopic (exact) mass is 335 g/mol. The van der Waals surface area contributed by atoms with Crippen molar-refractivity contribution in [2.75, 3.05) is 7.11 Å². The van der Waals surface area contributed by atoms with Crippen molar-refractivity contribution in [2.45, 2.75) is 13.2 Å². The highest BCUT2D eigenvalue weighted by Gasteiger charge is 2.26. The summed E-state index contributed by atoms with van der Waals surface area (Å²) in [7, 11) is 1.61. The van der Waals surface area contributed by atoms with Gasteiger partial charge in [0.05, 0.1) is 7.11 Å². The first-order chi connectivity index (χ1) is 12.3. The van der Waals surface area contributed by atoms with Crippen molar-refractivity contribution < 1.29 is 14.3 Å². The molecule has 0 saturated carbocycles. The van der Waals surface area contributed by atoms with Gasteiger partial charge in [0.2, 0.25) is 0 Å². The van der Waals surface area contributed by atoms with E-state index in [0.717, 1.165) is 33.9 Å². The van der Waals surface area contributed by atoms with Crippen LogP contribution in [0, 0.1) is 0 Å². The predicted octanol–water partition coefficient (Wildman–Crippen LogP) is 2.91. The zero-order valence-electron chi connectivity index (χ0n) is 13.7. The van der Waals surface area contributed by atoms with Gasteiger partial charge in [-0.2, -0.15) is 5.10 Å². The molecule has 1 aromatic heterocycles. The molecule has 1 aliphatic rings. The van der Waals surface area contributed by atoms with Gasteiger partial charge in [0.1, 0.15) is 29.5 Å². The molecule has 126 valence electrons. The number of methoxy groups -OCH3 is 1. The summed E-state index contributed by atoms with van der Waals surface area (Å²) < 4.78 is 11.0. The van der Waals surface area contributed by atoms with Crippen LogP contribution in [0.15, 0.2) is 48.5 Å². The molecule has 0 saturated heterocycles. The Kier molecular flexibility index (Phi) is 3.85. The van der Waals surface area contributed by atoms with Gasteiger partial charge in [-0.25, -0.2) is 0 Å². The van der Waals surface area contributed by atoms with Gasteiger partial charge in [0.25, 0.3) is 5.91 Å². The smallest absolute Gasteiger partial charge is 0.270 e. The summed E-state index contributed by atoms with van der Waals surface area (Å²) in [6, 6.07) is 15.3. The molecule has 1 aliphatic heterocycles. The first-order valence-corrected chi connectivity index (χ1v) is 7.97. The number of fused-ring (bicyclic) bond motifs is 3. The largest absolute Gasteiger partial charge is 0.496 e. The molecule has 0 bridgehead atoms. The molecule has 25 heavy (non-hydrogen) atoms. The van der Waals surface area contributed by atoms with E-state index in [0.29, 0.717) is 18.8 Å². The molecule has 3 aromatic rings. The number of H-pyrrole nitrogens is 1. The quantitative estimate of drug-likeness (QED) is 0.769. The lowest BCUT2D eigenvalue weighted by Gasteiger charge is -2.17. The van der Waals surface area contributed by atoms with Gasteiger partial charge in [-0.1, -0.05) is 30.3 Å². The average Bonchev–Trinajstić information content (AvgIpc) is 3.11. The van der Waals surface area contributed by atoms with Crippen molar-refractivity contribution in [3.05, 3.63) is 65.4 Å². The lowest BCUT2D eigenvalue weighted by molar-refractivity contribution is 0.0943. The maximum atomic E-state index is 12.6. The van der Waals surface area contributed by atoms with E-state index < -0.39 is 0 Å². The van der Waals surface area contributed by atoms with Crippen LogP contribution in [0.3, 0.4) is 0 Å². The fourth-order valence-corrected chi connectivity index (χ4v) is 2.97. The van der Waals surface area contributed by atoms with Crippen LogP contribution in [-0.4, -0.2) is 23.2 Å².